The summed E-state index contributed by atoms with van der Waals surface area (Å²) in [5, 5.41) is 14.7. The van der Waals surface area contributed by atoms with Crippen LogP contribution in [0, 0.1) is 5.21 Å². The van der Waals surface area contributed by atoms with Gasteiger partial charge >= 0.3 is 15.0 Å². The zero-order chi connectivity index (χ0) is 32.4. The quantitative estimate of drug-likeness (QED) is 0.219. The van der Waals surface area contributed by atoms with Crippen molar-refractivity contribution < 1.29 is 32.3 Å². The van der Waals surface area contributed by atoms with Crippen molar-refractivity contribution in [1.29, 1.82) is 0 Å². The molecule has 3 aromatic carbocycles. The molecule has 3 heterocycles. The number of benzene rings is 3. The Labute approximate surface area is 266 Å². The Morgan fingerprint density at radius 1 is 0.957 bits per heavy atom. The van der Waals surface area contributed by atoms with E-state index in [1.165, 1.54) is 23.1 Å². The Hall–Kier alpha value is -5.07. The van der Waals surface area contributed by atoms with Crippen LogP contribution in [0.5, 0.6) is 5.75 Å². The molecule has 2 fully saturated rings. The molecule has 3 atom stereocenters. The summed E-state index contributed by atoms with van der Waals surface area (Å²) in [6, 6.07) is 25.0. The molecule has 11 nitrogen and oxygen atoms in total. The van der Waals surface area contributed by atoms with E-state index >= 15 is 0 Å². The Bertz CT molecular complexity index is 1870. The molecule has 2 saturated heterocycles. The van der Waals surface area contributed by atoms with Gasteiger partial charge in [-0.05, 0) is 53.4 Å². The number of likely N-dealkylation sites (tertiary alicyclic amines) is 1. The van der Waals surface area contributed by atoms with Crippen molar-refractivity contribution in [3.8, 4) is 16.9 Å². The predicted octanol–water partition coefficient (Wildman–Crippen LogP) is 2.58. The number of carbonyl (C=O) groups excluding carboxylic acids is 3. The monoisotopic (exact) mass is 640 g/mol. The highest BCUT2D eigenvalue weighted by atomic mass is 32.2. The molecular formula is C34H32N4O7S. The van der Waals surface area contributed by atoms with E-state index in [4.69, 9.17) is 4.74 Å². The van der Waals surface area contributed by atoms with Crippen molar-refractivity contribution in [3.05, 3.63) is 120 Å². The van der Waals surface area contributed by atoms with Crippen LogP contribution in [0.15, 0.2) is 108 Å². The van der Waals surface area contributed by atoms with Gasteiger partial charge in [-0.3, -0.25) is 14.4 Å². The van der Waals surface area contributed by atoms with E-state index in [2.05, 4.69) is 5.32 Å². The van der Waals surface area contributed by atoms with E-state index in [1.807, 2.05) is 42.5 Å². The highest BCUT2D eigenvalue weighted by molar-refractivity contribution is 7.89. The third-order valence-corrected chi connectivity index (χ3v) is 10.3. The van der Waals surface area contributed by atoms with Crippen LogP contribution >= 0.6 is 0 Å². The average Bonchev–Trinajstić information content (AvgIpc) is 3.66. The van der Waals surface area contributed by atoms with Crippen LogP contribution in [0.3, 0.4) is 0 Å². The molecule has 236 valence electrons. The Morgan fingerprint density at radius 2 is 1.63 bits per heavy atom. The maximum atomic E-state index is 14.2. The third kappa shape index (κ3) is 5.96. The lowest BCUT2D eigenvalue weighted by molar-refractivity contribution is -0.646. The Balaban J connectivity index is 1.25. The molecule has 0 radical (unpaired) electrons. The summed E-state index contributed by atoms with van der Waals surface area (Å²) in [5.41, 5.74) is 3.04. The molecule has 2 amide bonds. The average molecular weight is 641 g/mol. The Morgan fingerprint density at radius 3 is 2.30 bits per heavy atom. The molecule has 12 heteroatoms. The fourth-order valence-corrected chi connectivity index (χ4v) is 7.81. The number of ether oxygens (including phenoxy) is 1. The maximum absolute atomic E-state index is 14.2. The molecule has 1 aromatic heterocycles. The van der Waals surface area contributed by atoms with Crippen LogP contribution in [0.1, 0.15) is 22.3 Å². The molecular weight excluding hydrogens is 608 g/mol. The molecule has 3 unspecified atom stereocenters. The number of nitrogens with one attached hydrogen (secondary N) is 1. The van der Waals surface area contributed by atoms with Gasteiger partial charge in [0.15, 0.2) is 12.0 Å². The second-order valence-electron chi connectivity index (χ2n) is 11.2. The van der Waals surface area contributed by atoms with Crippen LogP contribution in [0.25, 0.3) is 11.1 Å². The van der Waals surface area contributed by atoms with Gasteiger partial charge in [0.05, 0.1) is 19.7 Å². The summed E-state index contributed by atoms with van der Waals surface area (Å²) < 4.78 is 33.4. The number of hydrogen-bond donors (Lipinski definition) is 1. The van der Waals surface area contributed by atoms with Crippen molar-refractivity contribution in [3.63, 3.8) is 0 Å². The number of pyridine rings is 1. The van der Waals surface area contributed by atoms with Gasteiger partial charge in [0, 0.05) is 30.7 Å². The molecule has 2 aliphatic rings. The fourth-order valence-electron chi connectivity index (χ4n) is 6.16. The Kier molecular flexibility index (Phi) is 8.57. The van der Waals surface area contributed by atoms with Crippen LogP contribution in [0.2, 0.25) is 0 Å². The minimum atomic E-state index is -4.32. The van der Waals surface area contributed by atoms with Crippen LogP contribution < -0.4 is 14.8 Å². The molecule has 1 N–H and O–H groups in total. The summed E-state index contributed by atoms with van der Waals surface area (Å²) in [5.74, 6) is -0.775. The maximum Gasteiger partial charge on any atom is 0.323 e. The number of ketones is 1. The van der Waals surface area contributed by atoms with Gasteiger partial charge < -0.3 is 20.2 Å². The largest absolute Gasteiger partial charge is 0.618 e. The van der Waals surface area contributed by atoms with Gasteiger partial charge in [-0.15, -0.1) is 0 Å². The van der Waals surface area contributed by atoms with Crippen molar-refractivity contribution in [2.24, 2.45) is 0 Å². The SMILES string of the molecule is COc1ccc(CC(NC(=O)c2ccc(-c3ccccc3)cc2)C(=O)N2CCC3C2C(=O)CN3S(=O)(=O)c2cccc[n+]2[O-])cc1. The predicted molar refractivity (Wildman–Crippen MR) is 168 cm³/mol. The van der Waals surface area contributed by atoms with Gasteiger partial charge in [-0.1, -0.05) is 54.6 Å². The zero-order valence-electron chi connectivity index (χ0n) is 25.0. The number of nitrogens with zero attached hydrogens (tertiary/aromatic N) is 3. The molecule has 0 bridgehead atoms. The van der Waals surface area contributed by atoms with Crippen LogP contribution in [-0.4, -0.2) is 73.5 Å². The standard InChI is InChI=1S/C34H32N4O7S/c1-45-27-16-10-23(11-17-27)21-28(35-33(40)26-14-12-25(13-15-26)24-7-3-2-4-8-24)34(41)36-20-18-29-32(36)30(39)22-38(29)46(43,44)31-9-5-6-19-37(31)42/h2-17,19,28-29,32H,18,20-22H2,1H3,(H,35,40). The summed E-state index contributed by atoms with van der Waals surface area (Å²) in [6.07, 6.45) is 1.41. The molecule has 0 spiro atoms. The van der Waals surface area contributed by atoms with Crippen molar-refractivity contribution in [1.82, 2.24) is 14.5 Å². The fraction of sp³-hybridized carbons (Fsp3) is 0.235. The highest BCUT2D eigenvalue weighted by Crippen LogP contribution is 2.34. The van der Waals surface area contributed by atoms with Gasteiger partial charge in [-0.25, -0.2) is 8.42 Å². The molecule has 4 aromatic rings. The van der Waals surface area contributed by atoms with Gasteiger partial charge in [0.1, 0.15) is 17.8 Å². The van der Waals surface area contributed by atoms with E-state index < -0.39 is 57.3 Å². The number of carbonyl (C=O) groups is 3. The molecule has 46 heavy (non-hydrogen) atoms. The molecule has 2 aliphatic heterocycles. The normalized spacial score (nSPS) is 18.6. The van der Waals surface area contributed by atoms with E-state index in [-0.39, 0.29) is 24.1 Å². The lowest BCUT2D eigenvalue weighted by Gasteiger charge is -2.28. The first-order valence-corrected chi connectivity index (χ1v) is 16.2. The topological polar surface area (TPSA) is 140 Å². The van der Waals surface area contributed by atoms with Crippen molar-refractivity contribution in [2.75, 3.05) is 20.2 Å². The molecule has 6 rings (SSSR count). The first-order chi connectivity index (χ1) is 22.2. The van der Waals surface area contributed by atoms with Crippen LogP contribution in [0.4, 0.5) is 0 Å². The van der Waals surface area contributed by atoms with Gasteiger partial charge in [-0.2, -0.15) is 9.04 Å². The van der Waals surface area contributed by atoms with Crippen LogP contribution in [-0.2, 0) is 26.0 Å². The number of rotatable bonds is 9. The highest BCUT2D eigenvalue weighted by Gasteiger charge is 2.55. The van der Waals surface area contributed by atoms with Gasteiger partial charge in [0.25, 0.3) is 5.91 Å². The van der Waals surface area contributed by atoms with E-state index in [9.17, 15) is 28.0 Å². The molecule has 0 aliphatic carbocycles. The van der Waals surface area contributed by atoms with Crippen molar-refractivity contribution >= 4 is 27.6 Å². The summed E-state index contributed by atoms with van der Waals surface area (Å²) in [6.45, 7) is -0.349. The number of aromatic nitrogens is 1. The number of hydrogen-bond acceptors (Lipinski definition) is 7. The second-order valence-corrected chi connectivity index (χ2v) is 13.1. The van der Waals surface area contributed by atoms with Crippen molar-refractivity contribution in [2.45, 2.75) is 36.0 Å². The van der Waals surface area contributed by atoms with E-state index in [1.54, 1.807) is 43.5 Å². The zero-order valence-corrected chi connectivity index (χ0v) is 25.8. The third-order valence-electron chi connectivity index (χ3n) is 8.48. The van der Waals surface area contributed by atoms with E-state index in [0.29, 0.717) is 11.3 Å². The number of sulfonamides is 1. The summed E-state index contributed by atoms with van der Waals surface area (Å²) in [7, 11) is -2.77. The lowest BCUT2D eigenvalue weighted by Crippen LogP contribution is -2.53. The minimum Gasteiger partial charge on any atom is -0.618 e. The smallest absolute Gasteiger partial charge is 0.323 e. The summed E-state index contributed by atoms with van der Waals surface area (Å²) >= 11 is 0. The number of Topliss-reactive ketones (excluding diaryl/α,β-unsaturated/α-hetero) is 1. The number of methoxy groups -OCH3 is 1. The van der Waals surface area contributed by atoms with Gasteiger partial charge in [0.2, 0.25) is 5.91 Å². The number of fused-ring (bicyclic) bond motifs is 1. The molecule has 0 saturated carbocycles. The van der Waals surface area contributed by atoms with E-state index in [0.717, 1.165) is 27.2 Å². The number of amides is 2. The second kappa shape index (κ2) is 12.7. The first-order valence-electron chi connectivity index (χ1n) is 14.8. The first kappa shape index (κ1) is 30.9. The lowest BCUT2D eigenvalue weighted by atomic mass is 10.0. The minimum absolute atomic E-state index is 0.110. The summed E-state index contributed by atoms with van der Waals surface area (Å²) in [4.78, 5) is 42.3.